The molecule has 0 aliphatic carbocycles. The minimum absolute atomic E-state index is 0.0366. The fourth-order valence-electron chi connectivity index (χ4n) is 0.637. The van der Waals surface area contributed by atoms with Gasteiger partial charge in [0.2, 0.25) is 0 Å². The first-order valence-corrected chi connectivity index (χ1v) is 3.05. The van der Waals surface area contributed by atoms with E-state index in [0.717, 1.165) is 0 Å². The normalized spacial score (nSPS) is 9.80. The van der Waals surface area contributed by atoms with Crippen LogP contribution in [0, 0.1) is 0 Å². The fourth-order valence-corrected chi connectivity index (χ4v) is 0.637. The van der Waals surface area contributed by atoms with Gasteiger partial charge in [-0.3, -0.25) is 4.68 Å². The Bertz CT molecular complexity index is 197. The number of hydrogen-bond donors (Lipinski definition) is 1. The van der Waals surface area contributed by atoms with Crippen LogP contribution in [0.3, 0.4) is 0 Å². The zero-order chi connectivity index (χ0) is 7.40. The lowest BCUT2D eigenvalue weighted by Crippen LogP contribution is -2.00. The zero-order valence-corrected chi connectivity index (χ0v) is 5.82. The molecule has 4 nitrogen and oxygen atoms in total. The number of aliphatic hydroxyl groups is 1. The van der Waals surface area contributed by atoms with E-state index < -0.39 is 0 Å². The lowest BCUT2D eigenvalue weighted by atomic mass is 10.6. The molecule has 0 atom stereocenters. The summed E-state index contributed by atoms with van der Waals surface area (Å²) in [6.07, 6.45) is 3.35. The van der Waals surface area contributed by atoms with Gasteiger partial charge in [-0.2, -0.15) is 5.10 Å². The predicted octanol–water partition coefficient (Wildman–Crippen LogP) is -0.209. The molecule has 0 saturated carbocycles. The largest absolute Gasteiger partial charge is 0.488 e. The second-order valence-electron chi connectivity index (χ2n) is 1.92. The molecule has 0 bridgehead atoms. The van der Waals surface area contributed by atoms with Crippen molar-refractivity contribution < 1.29 is 9.84 Å². The molecule has 56 valence electrons. The Morgan fingerprint density at radius 3 is 3.10 bits per heavy atom. The summed E-state index contributed by atoms with van der Waals surface area (Å²) >= 11 is 0. The van der Waals surface area contributed by atoms with Crippen LogP contribution in [-0.2, 0) is 7.05 Å². The number of aliphatic hydroxyl groups excluding tert-OH is 1. The van der Waals surface area contributed by atoms with Gasteiger partial charge in [-0.1, -0.05) is 0 Å². The molecular formula is C6H10N2O2. The lowest BCUT2D eigenvalue weighted by molar-refractivity contribution is 0.201. The highest BCUT2D eigenvalue weighted by Crippen LogP contribution is 2.05. The maximum atomic E-state index is 8.38. The van der Waals surface area contributed by atoms with Crippen molar-refractivity contribution in [3.05, 3.63) is 12.4 Å². The monoisotopic (exact) mass is 142 g/mol. The number of hydrogen-bond acceptors (Lipinski definition) is 3. The van der Waals surface area contributed by atoms with Gasteiger partial charge in [0.1, 0.15) is 6.61 Å². The highest BCUT2D eigenvalue weighted by Gasteiger charge is 1.93. The summed E-state index contributed by atoms with van der Waals surface area (Å²) in [6, 6.07) is 0. The van der Waals surface area contributed by atoms with Gasteiger partial charge in [-0.25, -0.2) is 0 Å². The van der Waals surface area contributed by atoms with E-state index in [0.29, 0.717) is 12.4 Å². The lowest BCUT2D eigenvalue weighted by Gasteiger charge is -1.96. The van der Waals surface area contributed by atoms with Crippen molar-refractivity contribution in [2.45, 2.75) is 0 Å². The number of aromatic nitrogens is 2. The second-order valence-corrected chi connectivity index (χ2v) is 1.92. The van der Waals surface area contributed by atoms with Gasteiger partial charge in [-0.15, -0.1) is 0 Å². The Morgan fingerprint density at radius 2 is 2.60 bits per heavy atom. The maximum absolute atomic E-state index is 8.38. The van der Waals surface area contributed by atoms with E-state index in [1.807, 2.05) is 7.05 Å². The van der Waals surface area contributed by atoms with Crippen LogP contribution >= 0.6 is 0 Å². The summed E-state index contributed by atoms with van der Waals surface area (Å²) in [6.45, 7) is 0.362. The number of aryl methyl sites for hydroxylation is 1. The summed E-state index contributed by atoms with van der Waals surface area (Å²) in [4.78, 5) is 0. The van der Waals surface area contributed by atoms with E-state index in [-0.39, 0.29) is 6.61 Å². The molecule has 1 aromatic rings. The van der Waals surface area contributed by atoms with Crippen LogP contribution in [0.1, 0.15) is 0 Å². The SMILES string of the molecule is Cn1cc(OCCO)cn1. The number of ether oxygens (including phenoxy) is 1. The molecule has 1 N–H and O–H groups in total. The van der Waals surface area contributed by atoms with Gasteiger partial charge in [-0.05, 0) is 0 Å². The van der Waals surface area contributed by atoms with Gasteiger partial charge in [0.05, 0.1) is 19.0 Å². The first-order valence-electron chi connectivity index (χ1n) is 3.05. The number of rotatable bonds is 3. The van der Waals surface area contributed by atoms with Crippen molar-refractivity contribution >= 4 is 0 Å². The fraction of sp³-hybridized carbons (Fsp3) is 0.500. The Hall–Kier alpha value is -1.03. The molecular weight excluding hydrogens is 132 g/mol. The average Bonchev–Trinajstić information content (AvgIpc) is 2.31. The smallest absolute Gasteiger partial charge is 0.157 e. The summed E-state index contributed by atoms with van der Waals surface area (Å²) in [5.41, 5.74) is 0. The van der Waals surface area contributed by atoms with E-state index in [2.05, 4.69) is 5.10 Å². The topological polar surface area (TPSA) is 47.3 Å². The van der Waals surface area contributed by atoms with Crippen LogP contribution in [0.25, 0.3) is 0 Å². The average molecular weight is 142 g/mol. The van der Waals surface area contributed by atoms with Crippen LogP contribution < -0.4 is 4.74 Å². The van der Waals surface area contributed by atoms with Gasteiger partial charge in [0.15, 0.2) is 5.75 Å². The Labute approximate surface area is 59.0 Å². The molecule has 0 aliphatic rings. The van der Waals surface area contributed by atoms with Crippen molar-refractivity contribution in [3.8, 4) is 5.75 Å². The van der Waals surface area contributed by atoms with Crippen molar-refractivity contribution in [1.82, 2.24) is 9.78 Å². The van der Waals surface area contributed by atoms with E-state index >= 15 is 0 Å². The molecule has 0 unspecified atom stereocenters. The van der Waals surface area contributed by atoms with Crippen molar-refractivity contribution in [3.63, 3.8) is 0 Å². The molecule has 0 aliphatic heterocycles. The Morgan fingerprint density at radius 1 is 1.80 bits per heavy atom. The van der Waals surface area contributed by atoms with Crippen LogP contribution in [0.2, 0.25) is 0 Å². The van der Waals surface area contributed by atoms with Gasteiger partial charge in [0, 0.05) is 7.05 Å². The summed E-state index contributed by atoms with van der Waals surface area (Å²) < 4.78 is 6.69. The minimum Gasteiger partial charge on any atom is -0.488 e. The van der Waals surface area contributed by atoms with E-state index in [1.165, 1.54) is 0 Å². The zero-order valence-electron chi connectivity index (χ0n) is 5.82. The van der Waals surface area contributed by atoms with Gasteiger partial charge < -0.3 is 9.84 Å². The molecule has 0 spiro atoms. The van der Waals surface area contributed by atoms with Crippen molar-refractivity contribution in [2.24, 2.45) is 7.05 Å². The van der Waals surface area contributed by atoms with Crippen LogP contribution in [-0.4, -0.2) is 28.1 Å². The molecule has 0 fully saturated rings. The molecule has 4 heteroatoms. The third-order valence-electron chi connectivity index (χ3n) is 1.04. The van der Waals surface area contributed by atoms with Crippen molar-refractivity contribution in [2.75, 3.05) is 13.2 Å². The molecule has 10 heavy (non-hydrogen) atoms. The molecule has 1 rings (SSSR count). The highest BCUT2D eigenvalue weighted by molar-refractivity contribution is 5.10. The summed E-state index contributed by atoms with van der Waals surface area (Å²) in [7, 11) is 1.81. The van der Waals surface area contributed by atoms with E-state index in [4.69, 9.17) is 9.84 Å². The molecule has 1 heterocycles. The Balaban J connectivity index is 2.42. The van der Waals surface area contributed by atoms with Gasteiger partial charge >= 0.3 is 0 Å². The maximum Gasteiger partial charge on any atom is 0.157 e. The third-order valence-corrected chi connectivity index (χ3v) is 1.04. The van der Waals surface area contributed by atoms with E-state index in [1.54, 1.807) is 17.1 Å². The van der Waals surface area contributed by atoms with Crippen LogP contribution in [0.5, 0.6) is 5.75 Å². The summed E-state index contributed by atoms with van der Waals surface area (Å²) in [5, 5.41) is 12.3. The van der Waals surface area contributed by atoms with E-state index in [9.17, 15) is 0 Å². The van der Waals surface area contributed by atoms with Crippen LogP contribution in [0.15, 0.2) is 12.4 Å². The Kier molecular flexibility index (Phi) is 2.28. The number of nitrogens with zero attached hydrogens (tertiary/aromatic N) is 2. The predicted molar refractivity (Wildman–Crippen MR) is 35.8 cm³/mol. The highest BCUT2D eigenvalue weighted by atomic mass is 16.5. The standard InChI is InChI=1S/C6H10N2O2/c1-8-5-6(4-7-8)10-3-2-9/h4-5,9H,2-3H2,1H3. The first-order chi connectivity index (χ1) is 4.83. The first kappa shape index (κ1) is 7.08. The minimum atomic E-state index is 0.0366. The molecule has 0 radical (unpaired) electrons. The second kappa shape index (κ2) is 3.22. The van der Waals surface area contributed by atoms with Crippen molar-refractivity contribution in [1.29, 1.82) is 0 Å². The molecule has 0 saturated heterocycles. The molecule has 0 aromatic carbocycles. The molecule has 0 amide bonds. The quantitative estimate of drug-likeness (QED) is 0.635. The molecule has 1 aromatic heterocycles. The third kappa shape index (κ3) is 1.73. The van der Waals surface area contributed by atoms with Crippen LogP contribution in [0.4, 0.5) is 0 Å². The van der Waals surface area contributed by atoms with Gasteiger partial charge in [0.25, 0.3) is 0 Å². The summed E-state index contributed by atoms with van der Waals surface area (Å²) in [5.74, 6) is 0.691.